The van der Waals surface area contributed by atoms with Gasteiger partial charge in [0, 0.05) is 25.7 Å². The maximum atomic E-state index is 13.1. The number of hydrogen-bond donors (Lipinski definition) is 3. The third kappa shape index (κ3) is 79.9. The standard InChI is InChI=1S/C86H168O17P2/c1-5-9-13-17-21-25-29-32-35-38-39-40-41-42-44-47-50-53-57-61-65-69-73-86(91)103-82(77-97-84(89)71-67-63-59-55-51-48-46-43-36-33-30-26-22-18-14-10-6-2)79-101-105(94,95)99-75-80(87)74-98-104(92,93)100-78-81(76-96-83(88)70-66-62-58-54-28-24-20-16-12-8-4)102-85(90)72-68-64-60-56-52-49-45-37-34-31-27-23-19-15-11-7-3/h80-82,87H,5-79H2,1-4H3,(H,92,93)(H,94,95)/t80-,81+,82+/m0/s1. The Balaban J connectivity index is 5.21. The average molecular weight is 1540 g/mol. The Labute approximate surface area is 645 Å². The van der Waals surface area contributed by atoms with Crippen molar-refractivity contribution in [2.24, 2.45) is 0 Å². The molecule has 0 aliphatic carbocycles. The Hall–Kier alpha value is -1.94. The highest BCUT2D eigenvalue weighted by atomic mass is 31.2. The molecule has 0 aromatic heterocycles. The summed E-state index contributed by atoms with van der Waals surface area (Å²) in [4.78, 5) is 73.2. The summed E-state index contributed by atoms with van der Waals surface area (Å²) < 4.78 is 68.9. The minimum atomic E-state index is -4.96. The van der Waals surface area contributed by atoms with Crippen molar-refractivity contribution in [1.29, 1.82) is 0 Å². The van der Waals surface area contributed by atoms with Crippen molar-refractivity contribution in [2.75, 3.05) is 39.6 Å². The highest BCUT2D eigenvalue weighted by Gasteiger charge is 2.30. The summed E-state index contributed by atoms with van der Waals surface area (Å²) >= 11 is 0. The Morgan fingerprint density at radius 2 is 0.381 bits per heavy atom. The van der Waals surface area contributed by atoms with Crippen molar-refractivity contribution in [3.63, 3.8) is 0 Å². The lowest BCUT2D eigenvalue weighted by molar-refractivity contribution is -0.161. The van der Waals surface area contributed by atoms with Gasteiger partial charge in [-0.1, -0.05) is 419 Å². The molecule has 0 aromatic carbocycles. The minimum Gasteiger partial charge on any atom is -0.462 e. The van der Waals surface area contributed by atoms with E-state index in [4.69, 9.17) is 37.0 Å². The number of unbranched alkanes of at least 4 members (excludes halogenated alkanes) is 61. The lowest BCUT2D eigenvalue weighted by Gasteiger charge is -2.21. The predicted molar refractivity (Wildman–Crippen MR) is 432 cm³/mol. The molecule has 105 heavy (non-hydrogen) atoms. The van der Waals surface area contributed by atoms with E-state index in [1.165, 1.54) is 302 Å². The maximum Gasteiger partial charge on any atom is 0.472 e. The molecule has 0 aliphatic heterocycles. The van der Waals surface area contributed by atoms with E-state index in [0.29, 0.717) is 25.7 Å². The summed E-state index contributed by atoms with van der Waals surface area (Å²) in [5.74, 6) is -2.10. The number of carbonyl (C=O) groups is 4. The van der Waals surface area contributed by atoms with Crippen LogP contribution in [0.1, 0.15) is 471 Å². The molecule has 0 bridgehead atoms. The summed E-state index contributed by atoms with van der Waals surface area (Å²) in [5, 5.41) is 10.7. The predicted octanol–water partition coefficient (Wildman–Crippen LogP) is 26.5. The molecule has 3 N–H and O–H groups in total. The van der Waals surface area contributed by atoms with Crippen LogP contribution in [0.25, 0.3) is 0 Å². The van der Waals surface area contributed by atoms with Crippen LogP contribution in [0.5, 0.6) is 0 Å². The highest BCUT2D eigenvalue weighted by Crippen LogP contribution is 2.45. The van der Waals surface area contributed by atoms with Gasteiger partial charge in [-0.05, 0) is 25.7 Å². The largest absolute Gasteiger partial charge is 0.472 e. The average Bonchev–Trinajstić information content (AvgIpc) is 0.909. The first-order chi connectivity index (χ1) is 51.2. The van der Waals surface area contributed by atoms with E-state index in [9.17, 15) is 43.2 Å². The Morgan fingerprint density at radius 3 is 0.562 bits per heavy atom. The summed E-state index contributed by atoms with van der Waals surface area (Å²) in [6.07, 6.45) is 75.0. The van der Waals surface area contributed by atoms with Gasteiger partial charge in [-0.25, -0.2) is 9.13 Å². The van der Waals surface area contributed by atoms with E-state index in [0.717, 1.165) is 89.9 Å². The van der Waals surface area contributed by atoms with Gasteiger partial charge >= 0.3 is 39.5 Å². The van der Waals surface area contributed by atoms with Crippen LogP contribution in [0, 0.1) is 0 Å². The van der Waals surface area contributed by atoms with Gasteiger partial charge in [0.25, 0.3) is 0 Å². The van der Waals surface area contributed by atoms with Crippen LogP contribution in [0.4, 0.5) is 0 Å². The molecule has 0 spiro atoms. The molecule has 0 fully saturated rings. The quantitative estimate of drug-likeness (QED) is 0.0222. The third-order valence-corrected chi connectivity index (χ3v) is 22.3. The van der Waals surface area contributed by atoms with E-state index in [-0.39, 0.29) is 25.7 Å². The number of hydrogen-bond acceptors (Lipinski definition) is 15. The molecule has 624 valence electrons. The number of esters is 4. The molecular weight excluding hydrogens is 1370 g/mol. The number of carbonyl (C=O) groups excluding carboxylic acids is 4. The van der Waals surface area contributed by atoms with E-state index in [1.807, 2.05) is 0 Å². The van der Waals surface area contributed by atoms with Crippen LogP contribution in [0.3, 0.4) is 0 Å². The Bertz CT molecular complexity index is 1980. The van der Waals surface area contributed by atoms with Crippen molar-refractivity contribution in [2.45, 2.75) is 489 Å². The first kappa shape index (κ1) is 103. The van der Waals surface area contributed by atoms with Crippen molar-refractivity contribution < 1.29 is 80.2 Å². The third-order valence-electron chi connectivity index (χ3n) is 20.4. The fraction of sp³-hybridized carbons (Fsp3) is 0.953. The Kier molecular flexibility index (Phi) is 78.6. The van der Waals surface area contributed by atoms with E-state index >= 15 is 0 Å². The van der Waals surface area contributed by atoms with E-state index < -0.39 is 97.5 Å². The zero-order chi connectivity index (χ0) is 76.7. The summed E-state index contributed by atoms with van der Waals surface area (Å²) in [6.45, 7) is 5.05. The number of ether oxygens (including phenoxy) is 4. The molecule has 0 saturated heterocycles. The zero-order valence-corrected chi connectivity index (χ0v) is 70.5. The molecule has 0 amide bonds. The van der Waals surface area contributed by atoms with Crippen molar-refractivity contribution in [3.05, 3.63) is 0 Å². The molecule has 0 saturated carbocycles. The summed E-state index contributed by atoms with van der Waals surface area (Å²) in [5.41, 5.74) is 0. The van der Waals surface area contributed by atoms with Crippen LogP contribution in [-0.4, -0.2) is 96.7 Å². The lowest BCUT2D eigenvalue weighted by atomic mass is 10.0. The normalized spacial score (nSPS) is 13.7. The molecule has 19 heteroatoms. The number of phosphoric ester groups is 2. The lowest BCUT2D eigenvalue weighted by Crippen LogP contribution is -2.30. The number of rotatable bonds is 87. The van der Waals surface area contributed by atoms with Crippen LogP contribution in [0.15, 0.2) is 0 Å². The van der Waals surface area contributed by atoms with Crippen molar-refractivity contribution in [1.82, 2.24) is 0 Å². The van der Waals surface area contributed by atoms with Crippen LogP contribution in [-0.2, 0) is 65.4 Å². The van der Waals surface area contributed by atoms with Gasteiger partial charge in [0.15, 0.2) is 12.2 Å². The molecule has 0 aliphatic rings. The highest BCUT2D eigenvalue weighted by molar-refractivity contribution is 7.47. The van der Waals surface area contributed by atoms with Gasteiger partial charge in [-0.2, -0.15) is 0 Å². The van der Waals surface area contributed by atoms with Gasteiger partial charge < -0.3 is 33.8 Å². The van der Waals surface area contributed by atoms with Gasteiger partial charge in [0.05, 0.1) is 26.4 Å². The maximum absolute atomic E-state index is 13.1. The topological polar surface area (TPSA) is 237 Å². The first-order valence-corrected chi connectivity index (χ1v) is 47.8. The molecular formula is C86H168O17P2. The number of aliphatic hydroxyl groups excluding tert-OH is 1. The molecule has 0 aromatic rings. The fourth-order valence-corrected chi connectivity index (χ4v) is 15.1. The van der Waals surface area contributed by atoms with Gasteiger partial charge in [0.1, 0.15) is 19.3 Å². The summed E-state index contributed by atoms with van der Waals surface area (Å²) in [7, 11) is -9.92. The molecule has 0 heterocycles. The van der Waals surface area contributed by atoms with Crippen molar-refractivity contribution in [3.8, 4) is 0 Å². The molecule has 17 nitrogen and oxygen atoms in total. The molecule has 5 atom stereocenters. The van der Waals surface area contributed by atoms with Gasteiger partial charge in [-0.15, -0.1) is 0 Å². The fourth-order valence-electron chi connectivity index (χ4n) is 13.5. The first-order valence-electron chi connectivity index (χ1n) is 44.8. The molecule has 0 radical (unpaired) electrons. The number of phosphoric acid groups is 2. The smallest absolute Gasteiger partial charge is 0.462 e. The SMILES string of the molecule is CCCCCCCCCCCCCCCCCCCCCCCCC(=O)O[C@H](COC(=O)CCCCCCCCCCCCCCCCCCC)COP(=O)(O)OC[C@@H](O)COP(=O)(O)OC[C@@H](COC(=O)CCCCCCCCCCCC)OC(=O)CCCCCCCCCCCCCCCCCC. The van der Waals surface area contributed by atoms with E-state index in [2.05, 4.69) is 27.7 Å². The Morgan fingerprint density at radius 1 is 0.229 bits per heavy atom. The summed E-state index contributed by atoms with van der Waals surface area (Å²) in [6, 6.07) is 0. The zero-order valence-electron chi connectivity index (χ0n) is 68.7. The molecule has 0 rings (SSSR count). The van der Waals surface area contributed by atoms with Gasteiger partial charge in [-0.3, -0.25) is 37.3 Å². The van der Waals surface area contributed by atoms with Crippen molar-refractivity contribution >= 4 is 39.5 Å². The monoisotopic (exact) mass is 1540 g/mol. The second kappa shape index (κ2) is 80.1. The second-order valence-corrected chi connectivity index (χ2v) is 33.8. The van der Waals surface area contributed by atoms with Crippen LogP contribution in [0.2, 0.25) is 0 Å². The van der Waals surface area contributed by atoms with Crippen LogP contribution < -0.4 is 0 Å². The molecule has 2 unspecified atom stereocenters. The van der Waals surface area contributed by atoms with E-state index in [1.54, 1.807) is 0 Å². The van der Waals surface area contributed by atoms with Crippen LogP contribution >= 0.6 is 15.6 Å². The minimum absolute atomic E-state index is 0.109. The number of aliphatic hydroxyl groups is 1. The second-order valence-electron chi connectivity index (χ2n) is 30.9. The van der Waals surface area contributed by atoms with Gasteiger partial charge in [0.2, 0.25) is 0 Å².